The number of aliphatic hydroxyl groups is 2. The Morgan fingerprint density at radius 3 is 3.15 bits per heavy atom. The van der Waals surface area contributed by atoms with Crippen LogP contribution in [0.15, 0.2) is 23.8 Å². The van der Waals surface area contributed by atoms with Gasteiger partial charge in [-0.2, -0.15) is 0 Å². The van der Waals surface area contributed by atoms with Crippen LogP contribution in [0.1, 0.15) is 30.6 Å². The first-order valence-corrected chi connectivity index (χ1v) is 3.94. The van der Waals surface area contributed by atoms with E-state index in [1.165, 1.54) is 0 Å². The molecule has 2 aliphatic rings. The van der Waals surface area contributed by atoms with Gasteiger partial charge in [-0.1, -0.05) is 25.2 Å². The third-order valence-corrected chi connectivity index (χ3v) is 2.01. The van der Waals surface area contributed by atoms with E-state index >= 15 is 0 Å². The zero-order chi connectivity index (χ0) is 16.7. The van der Waals surface area contributed by atoms with Gasteiger partial charge in [-0.15, -0.1) is 0 Å². The lowest BCUT2D eigenvalue weighted by molar-refractivity contribution is 0.0172. The summed E-state index contributed by atoms with van der Waals surface area (Å²) < 4.78 is 63.4. The molecule has 0 amide bonds. The molecule has 0 radical (unpaired) electrons. The maximum atomic E-state index is 10.3. The highest BCUT2D eigenvalue weighted by Crippen LogP contribution is 2.37. The summed E-state index contributed by atoms with van der Waals surface area (Å²) in [5, 5.41) is 20.7. The standard InChI is InChI=1S/C11H16O2/c1-7-6-10(12)8-4-2-3-5-9(8)11(7)13/h2-3,5,7-8,10-13H,4,6H2,1H3/i4D2,6D2,7D,8D,10D,11D. The summed E-state index contributed by atoms with van der Waals surface area (Å²) in [5.41, 5.74) is -0.715. The second-order valence-corrected chi connectivity index (χ2v) is 2.91. The van der Waals surface area contributed by atoms with Crippen LogP contribution in [-0.2, 0) is 0 Å². The van der Waals surface area contributed by atoms with E-state index in [0.717, 1.165) is 25.2 Å². The lowest BCUT2D eigenvalue weighted by Crippen LogP contribution is -2.40. The van der Waals surface area contributed by atoms with Crippen molar-refractivity contribution in [3.63, 3.8) is 0 Å². The van der Waals surface area contributed by atoms with Crippen molar-refractivity contribution in [3.8, 4) is 0 Å². The van der Waals surface area contributed by atoms with Gasteiger partial charge in [0.05, 0.1) is 14.9 Å². The van der Waals surface area contributed by atoms with E-state index in [2.05, 4.69) is 0 Å². The quantitative estimate of drug-likeness (QED) is 0.600. The SMILES string of the molecule is [2H]C1([2H])C=CC=C2C([2H])(O)C([2H])(C)C([2H])([2H])C([2H])(O)C21[2H]. The van der Waals surface area contributed by atoms with Crippen LogP contribution in [0.3, 0.4) is 0 Å². The summed E-state index contributed by atoms with van der Waals surface area (Å²) >= 11 is 0. The van der Waals surface area contributed by atoms with Gasteiger partial charge in [-0.25, -0.2) is 0 Å². The van der Waals surface area contributed by atoms with Gasteiger partial charge in [0.2, 0.25) is 0 Å². The van der Waals surface area contributed by atoms with Gasteiger partial charge in [-0.05, 0) is 24.2 Å². The van der Waals surface area contributed by atoms with Crippen molar-refractivity contribution in [2.45, 2.75) is 31.8 Å². The largest absolute Gasteiger partial charge is 0.392 e. The highest BCUT2D eigenvalue weighted by atomic mass is 16.3. The van der Waals surface area contributed by atoms with Crippen LogP contribution in [0, 0.1) is 11.8 Å². The average molecular weight is 188 g/mol. The molecule has 72 valence electrons. The Bertz CT molecular complexity index is 548. The molecule has 0 heterocycles. The maximum Gasteiger partial charge on any atom is 0.0783 e. The molecular formula is C11H16O2. The van der Waals surface area contributed by atoms with Gasteiger partial charge >= 0.3 is 0 Å². The van der Waals surface area contributed by atoms with Crippen molar-refractivity contribution in [2.24, 2.45) is 11.8 Å². The first-order chi connectivity index (χ1) is 9.09. The number of hydrogen-bond acceptors (Lipinski definition) is 2. The van der Waals surface area contributed by atoms with Crippen molar-refractivity contribution in [1.82, 2.24) is 0 Å². The molecule has 0 aliphatic heterocycles. The van der Waals surface area contributed by atoms with Crippen molar-refractivity contribution in [2.75, 3.05) is 0 Å². The molecule has 1 fully saturated rings. The summed E-state index contributed by atoms with van der Waals surface area (Å²) in [7, 11) is 0. The zero-order valence-electron chi connectivity index (χ0n) is 15.1. The van der Waals surface area contributed by atoms with Gasteiger partial charge < -0.3 is 10.2 Å². The minimum Gasteiger partial charge on any atom is -0.392 e. The van der Waals surface area contributed by atoms with E-state index in [9.17, 15) is 10.2 Å². The molecule has 2 heteroatoms. The molecule has 4 atom stereocenters. The van der Waals surface area contributed by atoms with E-state index < -0.39 is 42.3 Å². The van der Waals surface area contributed by atoms with E-state index in [1.54, 1.807) is 0 Å². The van der Waals surface area contributed by atoms with Crippen LogP contribution in [0.4, 0.5) is 0 Å². The smallest absolute Gasteiger partial charge is 0.0783 e. The van der Waals surface area contributed by atoms with E-state index in [4.69, 9.17) is 11.0 Å². The van der Waals surface area contributed by atoms with Crippen LogP contribution < -0.4 is 0 Å². The predicted octanol–water partition coefficient (Wildman–Crippen LogP) is 1.25. The average Bonchev–Trinajstić information content (AvgIpc) is 2.30. The second kappa shape index (κ2) is 3.28. The fourth-order valence-electron chi connectivity index (χ4n) is 1.33. The van der Waals surface area contributed by atoms with Gasteiger partial charge in [0.1, 0.15) is 0 Å². The van der Waals surface area contributed by atoms with Crippen molar-refractivity contribution in [1.29, 1.82) is 0 Å². The van der Waals surface area contributed by atoms with Crippen molar-refractivity contribution in [3.05, 3.63) is 23.8 Å². The lowest BCUT2D eigenvalue weighted by atomic mass is 9.72. The topological polar surface area (TPSA) is 40.5 Å². The Hall–Kier alpha value is -0.600. The Morgan fingerprint density at radius 1 is 1.62 bits per heavy atom. The highest BCUT2D eigenvalue weighted by Gasteiger charge is 2.36. The highest BCUT2D eigenvalue weighted by molar-refractivity contribution is 5.27. The number of allylic oxidation sites excluding steroid dienone is 3. The molecule has 0 bridgehead atoms. The van der Waals surface area contributed by atoms with Crippen LogP contribution in [0.25, 0.3) is 0 Å². The normalized spacial score (nSPS) is 83.5. The van der Waals surface area contributed by atoms with E-state index in [1.807, 2.05) is 0 Å². The van der Waals surface area contributed by atoms with Crippen LogP contribution >= 0.6 is 0 Å². The monoisotopic (exact) mass is 188 g/mol. The Morgan fingerprint density at radius 2 is 2.38 bits per heavy atom. The first kappa shape index (κ1) is 3.52. The fraction of sp³-hybridized carbons (Fsp3) is 0.636. The molecule has 1 saturated carbocycles. The van der Waals surface area contributed by atoms with Gasteiger partial charge in [0, 0.05) is 14.1 Å². The molecule has 0 aromatic heterocycles. The summed E-state index contributed by atoms with van der Waals surface area (Å²) in [4.78, 5) is 0. The third-order valence-electron chi connectivity index (χ3n) is 2.01. The number of fused-ring (bicyclic) bond motifs is 1. The van der Waals surface area contributed by atoms with Gasteiger partial charge in [0.15, 0.2) is 0 Å². The number of rotatable bonds is 0. The third kappa shape index (κ3) is 1.45. The minimum absolute atomic E-state index is 0.715. The summed E-state index contributed by atoms with van der Waals surface area (Å²) in [6.45, 7) is 0.841. The van der Waals surface area contributed by atoms with Crippen LogP contribution in [0.5, 0.6) is 0 Å². The molecule has 2 N–H and O–H groups in total. The Kier molecular flexibility index (Phi) is 0.887. The molecular weight excluding hydrogens is 164 g/mol. The fourth-order valence-corrected chi connectivity index (χ4v) is 1.33. The molecule has 13 heavy (non-hydrogen) atoms. The minimum atomic E-state index is -3.39. The zero-order valence-corrected chi connectivity index (χ0v) is 7.13. The van der Waals surface area contributed by atoms with E-state index in [-0.39, 0.29) is 0 Å². The Balaban J connectivity index is 2.90. The second-order valence-electron chi connectivity index (χ2n) is 2.91. The van der Waals surface area contributed by atoms with Crippen molar-refractivity contribution < 1.29 is 21.2 Å². The molecule has 2 nitrogen and oxygen atoms in total. The van der Waals surface area contributed by atoms with E-state index in [0.29, 0.717) is 0 Å². The lowest BCUT2D eigenvalue weighted by Gasteiger charge is -2.38. The first-order valence-electron chi connectivity index (χ1n) is 7.94. The van der Waals surface area contributed by atoms with Crippen LogP contribution in [-0.4, -0.2) is 22.4 Å². The molecule has 0 aromatic rings. The summed E-state index contributed by atoms with van der Waals surface area (Å²) in [6, 6.07) is 0. The van der Waals surface area contributed by atoms with Crippen molar-refractivity contribution >= 4 is 0 Å². The molecule has 4 unspecified atom stereocenters. The Labute approximate surface area is 89.8 Å². The number of hydrogen-bond donors (Lipinski definition) is 2. The molecule has 2 rings (SSSR count). The summed E-state index contributed by atoms with van der Waals surface area (Å²) in [5.74, 6) is -5.65. The molecule has 2 aliphatic carbocycles. The predicted molar refractivity (Wildman–Crippen MR) is 51.1 cm³/mol. The maximum absolute atomic E-state index is 10.3. The van der Waals surface area contributed by atoms with Gasteiger partial charge in [0.25, 0.3) is 0 Å². The molecule has 0 aromatic carbocycles. The van der Waals surface area contributed by atoms with Crippen LogP contribution in [0.2, 0.25) is 0 Å². The molecule has 0 saturated heterocycles. The summed E-state index contributed by atoms with van der Waals surface area (Å²) in [6.07, 6.45) is -9.34. The van der Waals surface area contributed by atoms with Gasteiger partial charge in [-0.3, -0.25) is 0 Å². The molecule has 0 spiro atoms.